The molecule has 3 rings (SSSR count). The van der Waals surface area contributed by atoms with E-state index in [2.05, 4.69) is 10.6 Å². The number of nitrogens with one attached hydrogen (secondary N) is 2. The Balaban J connectivity index is 1.80. The Kier molecular flexibility index (Phi) is 7.83. The molecule has 1 atom stereocenters. The molecule has 0 radical (unpaired) electrons. The van der Waals surface area contributed by atoms with Gasteiger partial charge in [-0.15, -0.1) is 0 Å². The van der Waals surface area contributed by atoms with E-state index in [1.54, 1.807) is 36.4 Å². The third kappa shape index (κ3) is 5.90. The van der Waals surface area contributed by atoms with Crippen LogP contribution >= 0.6 is 0 Å². The average Bonchev–Trinajstić information content (AvgIpc) is 2.82. The van der Waals surface area contributed by atoms with Crippen molar-refractivity contribution in [3.05, 3.63) is 83.7 Å². The number of methoxy groups -OCH3 is 1. The van der Waals surface area contributed by atoms with Gasteiger partial charge in [-0.2, -0.15) is 5.26 Å². The van der Waals surface area contributed by atoms with Crippen LogP contribution in [0.4, 0.5) is 15.8 Å². The topological polar surface area (TPSA) is 100 Å². The zero-order chi connectivity index (χ0) is 24.7. The van der Waals surface area contributed by atoms with Crippen LogP contribution in [0.5, 0.6) is 11.5 Å². The molecule has 0 heterocycles. The second-order valence-electron chi connectivity index (χ2n) is 7.76. The number of carbonyl (C=O) groups is 2. The summed E-state index contributed by atoms with van der Waals surface area (Å²) in [5.74, 6) is -0.998. The lowest BCUT2D eigenvalue weighted by Crippen LogP contribution is -2.37. The van der Waals surface area contributed by atoms with Crippen LogP contribution in [-0.4, -0.2) is 25.0 Å². The molecule has 0 aliphatic heterocycles. The highest BCUT2D eigenvalue weighted by atomic mass is 19.1. The number of ether oxygens (including phenoxy) is 2. The predicted molar refractivity (Wildman–Crippen MR) is 126 cm³/mol. The molecule has 0 saturated heterocycles. The third-order valence-electron chi connectivity index (χ3n) is 4.93. The molecular weight excluding hydrogens is 437 g/mol. The molecule has 0 saturated carbocycles. The number of nitriles is 1. The molecule has 1 unspecified atom stereocenters. The maximum Gasteiger partial charge on any atom is 0.265 e. The van der Waals surface area contributed by atoms with Crippen molar-refractivity contribution >= 4 is 23.2 Å². The van der Waals surface area contributed by atoms with E-state index in [1.807, 2.05) is 19.9 Å². The van der Waals surface area contributed by atoms with Gasteiger partial charge in [0.25, 0.3) is 11.8 Å². The lowest BCUT2D eigenvalue weighted by molar-refractivity contribution is -0.124. The monoisotopic (exact) mass is 461 g/mol. The summed E-state index contributed by atoms with van der Waals surface area (Å²) in [5, 5.41) is 14.8. The zero-order valence-corrected chi connectivity index (χ0v) is 19.0. The second-order valence-corrected chi connectivity index (χ2v) is 7.76. The Labute approximate surface area is 197 Å². The second kappa shape index (κ2) is 11.0. The van der Waals surface area contributed by atoms with Gasteiger partial charge in [0.2, 0.25) is 0 Å². The van der Waals surface area contributed by atoms with Gasteiger partial charge in [-0.05, 0) is 54.4 Å². The molecule has 7 nitrogen and oxygen atoms in total. The van der Waals surface area contributed by atoms with E-state index in [4.69, 9.17) is 9.47 Å². The van der Waals surface area contributed by atoms with E-state index in [0.717, 1.165) is 6.07 Å². The van der Waals surface area contributed by atoms with Gasteiger partial charge in [0.1, 0.15) is 23.4 Å². The molecule has 0 fully saturated rings. The van der Waals surface area contributed by atoms with E-state index in [-0.39, 0.29) is 11.5 Å². The van der Waals surface area contributed by atoms with E-state index in [1.165, 1.54) is 31.4 Å². The molecule has 2 N–H and O–H groups in total. The molecule has 8 heteroatoms. The number of halogens is 1. The van der Waals surface area contributed by atoms with Crippen LogP contribution in [0.1, 0.15) is 29.8 Å². The summed E-state index contributed by atoms with van der Waals surface area (Å²) in [7, 11) is 1.45. The molecule has 2 amide bonds. The summed E-state index contributed by atoms with van der Waals surface area (Å²) in [6, 6.07) is 18.8. The normalized spacial score (nSPS) is 11.3. The first-order valence-electron chi connectivity index (χ1n) is 10.5. The molecule has 3 aromatic rings. The van der Waals surface area contributed by atoms with Crippen LogP contribution in [0.2, 0.25) is 0 Å². The molecule has 34 heavy (non-hydrogen) atoms. The number of para-hydroxylation sites is 1. The highest BCUT2D eigenvalue weighted by Gasteiger charge is 2.26. The van der Waals surface area contributed by atoms with E-state index in [0.29, 0.717) is 28.4 Å². The molecule has 174 valence electrons. The highest BCUT2D eigenvalue weighted by molar-refractivity contribution is 6.05. The van der Waals surface area contributed by atoms with Crippen LogP contribution in [-0.2, 0) is 4.79 Å². The zero-order valence-electron chi connectivity index (χ0n) is 19.0. The van der Waals surface area contributed by atoms with Gasteiger partial charge in [-0.3, -0.25) is 9.59 Å². The van der Waals surface area contributed by atoms with Gasteiger partial charge in [0.15, 0.2) is 6.10 Å². The number of benzene rings is 3. The van der Waals surface area contributed by atoms with Crippen molar-refractivity contribution < 1.29 is 23.5 Å². The number of anilines is 2. The average molecular weight is 461 g/mol. The van der Waals surface area contributed by atoms with Crippen molar-refractivity contribution in [1.82, 2.24) is 0 Å². The summed E-state index contributed by atoms with van der Waals surface area (Å²) >= 11 is 0. The SMILES string of the molecule is COc1ccc(NC(=O)C(Oc2ccccc2C#N)C(C)C)cc1NC(=O)c1cccc(F)c1. The van der Waals surface area contributed by atoms with Crippen molar-refractivity contribution in [1.29, 1.82) is 5.26 Å². The summed E-state index contributed by atoms with van der Waals surface area (Å²) in [6.45, 7) is 3.66. The van der Waals surface area contributed by atoms with Crippen LogP contribution in [0, 0.1) is 23.1 Å². The minimum absolute atomic E-state index is 0.140. The Morgan fingerprint density at radius 3 is 2.41 bits per heavy atom. The first-order chi connectivity index (χ1) is 16.3. The number of rotatable bonds is 8. The van der Waals surface area contributed by atoms with Crippen molar-refractivity contribution in [3.8, 4) is 17.6 Å². The molecule has 0 bridgehead atoms. The van der Waals surface area contributed by atoms with Crippen LogP contribution < -0.4 is 20.1 Å². The number of nitrogens with zero attached hydrogens (tertiary/aromatic N) is 1. The summed E-state index contributed by atoms with van der Waals surface area (Å²) < 4.78 is 24.7. The van der Waals surface area contributed by atoms with E-state index < -0.39 is 23.7 Å². The van der Waals surface area contributed by atoms with Gasteiger partial charge < -0.3 is 20.1 Å². The fraction of sp³-hybridized carbons (Fsp3) is 0.192. The van der Waals surface area contributed by atoms with E-state index in [9.17, 15) is 19.2 Å². The maximum absolute atomic E-state index is 13.5. The van der Waals surface area contributed by atoms with Crippen molar-refractivity contribution in [2.75, 3.05) is 17.7 Å². The van der Waals surface area contributed by atoms with Gasteiger partial charge in [0.05, 0.1) is 18.4 Å². The van der Waals surface area contributed by atoms with Crippen LogP contribution in [0.3, 0.4) is 0 Å². The Morgan fingerprint density at radius 1 is 0.971 bits per heavy atom. The third-order valence-corrected chi connectivity index (χ3v) is 4.93. The summed E-state index contributed by atoms with van der Waals surface area (Å²) in [5.41, 5.74) is 1.16. The fourth-order valence-corrected chi connectivity index (χ4v) is 3.21. The minimum Gasteiger partial charge on any atom is -0.495 e. The molecular formula is C26H24FN3O4. The lowest BCUT2D eigenvalue weighted by atomic mass is 10.1. The lowest BCUT2D eigenvalue weighted by Gasteiger charge is -2.22. The largest absolute Gasteiger partial charge is 0.495 e. The Hall–Kier alpha value is -4.38. The predicted octanol–water partition coefficient (Wildman–Crippen LogP) is 5.00. The van der Waals surface area contributed by atoms with Crippen molar-refractivity contribution in [2.45, 2.75) is 20.0 Å². The van der Waals surface area contributed by atoms with E-state index >= 15 is 0 Å². The minimum atomic E-state index is -0.873. The number of hydrogen-bond acceptors (Lipinski definition) is 5. The Bertz CT molecular complexity index is 1240. The van der Waals surface area contributed by atoms with Crippen LogP contribution in [0.25, 0.3) is 0 Å². The van der Waals surface area contributed by atoms with Gasteiger partial charge in [0, 0.05) is 11.3 Å². The number of amides is 2. The number of hydrogen-bond donors (Lipinski definition) is 2. The standard InChI is InChI=1S/C26H24FN3O4/c1-16(2)24(34-22-10-5-4-7-18(22)15-28)26(32)29-20-11-12-23(33-3)21(14-20)30-25(31)17-8-6-9-19(27)13-17/h4-14,16,24H,1-3H3,(H,29,32)(H,30,31). The van der Waals surface area contributed by atoms with Gasteiger partial charge in [-0.1, -0.05) is 32.0 Å². The van der Waals surface area contributed by atoms with Crippen molar-refractivity contribution in [2.24, 2.45) is 5.92 Å². The molecule has 3 aromatic carbocycles. The first kappa shape index (κ1) is 24.3. The van der Waals surface area contributed by atoms with Gasteiger partial charge >= 0.3 is 0 Å². The highest BCUT2D eigenvalue weighted by Crippen LogP contribution is 2.29. The quantitative estimate of drug-likeness (QED) is 0.492. The summed E-state index contributed by atoms with van der Waals surface area (Å²) in [4.78, 5) is 25.6. The molecule has 0 aliphatic carbocycles. The molecule has 0 aromatic heterocycles. The van der Waals surface area contributed by atoms with Gasteiger partial charge in [-0.25, -0.2) is 4.39 Å². The smallest absolute Gasteiger partial charge is 0.265 e. The maximum atomic E-state index is 13.5. The Morgan fingerprint density at radius 2 is 1.74 bits per heavy atom. The first-order valence-corrected chi connectivity index (χ1v) is 10.5. The fourth-order valence-electron chi connectivity index (χ4n) is 3.21. The molecule has 0 aliphatic rings. The number of carbonyl (C=O) groups excluding carboxylic acids is 2. The van der Waals surface area contributed by atoms with Crippen LogP contribution in [0.15, 0.2) is 66.7 Å². The summed E-state index contributed by atoms with van der Waals surface area (Å²) in [6.07, 6.45) is -0.873. The molecule has 0 spiro atoms. The van der Waals surface area contributed by atoms with Crippen molar-refractivity contribution in [3.63, 3.8) is 0 Å².